The van der Waals surface area contributed by atoms with Gasteiger partial charge in [0.25, 0.3) is 5.91 Å². The summed E-state index contributed by atoms with van der Waals surface area (Å²) in [6.45, 7) is 3.46. The highest BCUT2D eigenvalue weighted by Gasteiger charge is 2.36. The van der Waals surface area contributed by atoms with Crippen LogP contribution < -0.4 is 0 Å². The maximum Gasteiger partial charge on any atom is 0.307 e. The zero-order valence-electron chi connectivity index (χ0n) is 18.6. The average Bonchev–Trinajstić information content (AvgIpc) is 3.16. The first kappa shape index (κ1) is 24.0. The zero-order chi connectivity index (χ0) is 23.1. The zero-order valence-corrected chi connectivity index (χ0v) is 19.5. The van der Waals surface area contributed by atoms with Gasteiger partial charge in [-0.2, -0.15) is 0 Å². The number of nitrogens with zero attached hydrogens (tertiary/aromatic N) is 1. The van der Waals surface area contributed by atoms with Crippen LogP contribution >= 0.6 is 0 Å². The molecule has 1 fully saturated rings. The van der Waals surface area contributed by atoms with Crippen molar-refractivity contribution in [3.05, 3.63) is 71.8 Å². The SMILES string of the molecule is CCC(C)N(C(=O)COC(=O)CC(c1ccccc1)c1ccccc1)C1CCS(=O)(=O)C1. The maximum atomic E-state index is 12.9. The van der Waals surface area contributed by atoms with Gasteiger partial charge in [-0.3, -0.25) is 9.59 Å². The van der Waals surface area contributed by atoms with Crippen LogP contribution in [0, 0.1) is 0 Å². The first-order chi connectivity index (χ1) is 15.3. The van der Waals surface area contributed by atoms with Crippen molar-refractivity contribution in [1.82, 2.24) is 4.90 Å². The van der Waals surface area contributed by atoms with Gasteiger partial charge in [0.15, 0.2) is 16.4 Å². The first-order valence-electron chi connectivity index (χ1n) is 11.1. The molecule has 2 aromatic rings. The van der Waals surface area contributed by atoms with E-state index in [1.165, 1.54) is 0 Å². The highest BCUT2D eigenvalue weighted by atomic mass is 32.2. The number of rotatable bonds is 9. The van der Waals surface area contributed by atoms with E-state index in [-0.39, 0.29) is 48.4 Å². The third-order valence-electron chi connectivity index (χ3n) is 6.09. The first-order valence-corrected chi connectivity index (χ1v) is 12.9. The van der Waals surface area contributed by atoms with E-state index in [1.807, 2.05) is 74.5 Å². The fourth-order valence-corrected chi connectivity index (χ4v) is 5.95. The van der Waals surface area contributed by atoms with Crippen LogP contribution in [0.15, 0.2) is 60.7 Å². The summed E-state index contributed by atoms with van der Waals surface area (Å²) in [5, 5.41) is 0. The average molecular weight is 458 g/mol. The molecule has 0 saturated carbocycles. The number of sulfone groups is 1. The van der Waals surface area contributed by atoms with Crippen molar-refractivity contribution in [3.8, 4) is 0 Å². The quantitative estimate of drug-likeness (QED) is 0.538. The Hall–Kier alpha value is -2.67. The minimum atomic E-state index is -3.13. The molecule has 1 aliphatic heterocycles. The summed E-state index contributed by atoms with van der Waals surface area (Å²) < 4.78 is 29.2. The molecule has 0 bridgehead atoms. The molecule has 7 heteroatoms. The van der Waals surface area contributed by atoms with Crippen LogP contribution in [0.25, 0.3) is 0 Å². The summed E-state index contributed by atoms with van der Waals surface area (Å²) in [6.07, 6.45) is 1.24. The van der Waals surface area contributed by atoms with Gasteiger partial charge in [-0.05, 0) is 30.9 Å². The van der Waals surface area contributed by atoms with E-state index < -0.39 is 15.8 Å². The molecule has 0 N–H and O–H groups in total. The largest absolute Gasteiger partial charge is 0.456 e. The smallest absolute Gasteiger partial charge is 0.307 e. The Kier molecular flexibility index (Phi) is 8.07. The summed E-state index contributed by atoms with van der Waals surface area (Å²) in [5.41, 5.74) is 2.00. The van der Waals surface area contributed by atoms with E-state index in [9.17, 15) is 18.0 Å². The van der Waals surface area contributed by atoms with Crippen molar-refractivity contribution in [1.29, 1.82) is 0 Å². The van der Waals surface area contributed by atoms with Gasteiger partial charge in [0, 0.05) is 18.0 Å². The second kappa shape index (κ2) is 10.8. The van der Waals surface area contributed by atoms with Crippen molar-refractivity contribution in [3.63, 3.8) is 0 Å². The number of ether oxygens (including phenoxy) is 1. The molecule has 2 atom stereocenters. The summed E-state index contributed by atoms with van der Waals surface area (Å²) in [4.78, 5) is 27.2. The number of benzene rings is 2. The normalized spacial score (nSPS) is 18.3. The van der Waals surface area contributed by atoms with Crippen LogP contribution in [0.4, 0.5) is 0 Å². The number of hydrogen-bond acceptors (Lipinski definition) is 5. The molecule has 2 aromatic carbocycles. The van der Waals surface area contributed by atoms with Gasteiger partial charge in [-0.25, -0.2) is 8.42 Å². The molecule has 0 aliphatic carbocycles. The van der Waals surface area contributed by atoms with Crippen LogP contribution in [-0.2, 0) is 24.2 Å². The van der Waals surface area contributed by atoms with Gasteiger partial charge >= 0.3 is 5.97 Å². The lowest BCUT2D eigenvalue weighted by Gasteiger charge is -2.33. The minimum absolute atomic E-state index is 0.0267. The molecule has 172 valence electrons. The van der Waals surface area contributed by atoms with Gasteiger partial charge in [-0.1, -0.05) is 67.6 Å². The van der Waals surface area contributed by atoms with Crippen molar-refractivity contribution >= 4 is 21.7 Å². The third kappa shape index (κ3) is 6.19. The maximum absolute atomic E-state index is 12.9. The van der Waals surface area contributed by atoms with E-state index in [0.717, 1.165) is 11.1 Å². The standard InChI is InChI=1S/C25H31NO5S/c1-3-19(2)26(22-14-15-32(29,30)18-22)24(27)17-31-25(28)16-23(20-10-6-4-7-11-20)21-12-8-5-9-13-21/h4-13,19,22-23H,3,14-18H2,1-2H3. The molecular formula is C25H31NO5S. The lowest BCUT2D eigenvalue weighted by molar-refractivity contribution is -0.154. The van der Waals surface area contributed by atoms with E-state index in [1.54, 1.807) is 4.90 Å². The fourth-order valence-electron chi connectivity index (χ4n) is 4.24. The van der Waals surface area contributed by atoms with Crippen molar-refractivity contribution in [2.45, 2.75) is 51.1 Å². The Morgan fingerprint density at radius 3 is 2.06 bits per heavy atom. The van der Waals surface area contributed by atoms with Crippen molar-refractivity contribution in [2.75, 3.05) is 18.1 Å². The number of hydrogen-bond donors (Lipinski definition) is 0. The molecule has 0 radical (unpaired) electrons. The molecule has 32 heavy (non-hydrogen) atoms. The Morgan fingerprint density at radius 2 is 1.59 bits per heavy atom. The van der Waals surface area contributed by atoms with E-state index in [0.29, 0.717) is 12.8 Å². The predicted octanol–water partition coefficient (Wildman–Crippen LogP) is 3.57. The Balaban J connectivity index is 1.67. The molecule has 1 heterocycles. The third-order valence-corrected chi connectivity index (χ3v) is 7.84. The fraction of sp³-hybridized carbons (Fsp3) is 0.440. The molecule has 0 spiro atoms. The minimum Gasteiger partial charge on any atom is -0.456 e. The van der Waals surface area contributed by atoms with Gasteiger partial charge in [0.1, 0.15) is 0 Å². The van der Waals surface area contributed by atoms with Gasteiger partial charge in [0.2, 0.25) is 0 Å². The van der Waals surface area contributed by atoms with E-state index in [4.69, 9.17) is 4.74 Å². The van der Waals surface area contributed by atoms with Crippen LogP contribution in [0.1, 0.15) is 50.2 Å². The second-order valence-electron chi connectivity index (χ2n) is 8.35. The molecule has 1 aliphatic rings. The molecule has 3 rings (SSSR count). The molecule has 1 amide bonds. The summed E-state index contributed by atoms with van der Waals surface area (Å²) in [7, 11) is -3.13. The van der Waals surface area contributed by atoms with Gasteiger partial charge in [-0.15, -0.1) is 0 Å². The second-order valence-corrected chi connectivity index (χ2v) is 10.6. The van der Waals surface area contributed by atoms with Gasteiger partial charge < -0.3 is 9.64 Å². The summed E-state index contributed by atoms with van der Waals surface area (Å²) in [6, 6.07) is 19.0. The van der Waals surface area contributed by atoms with E-state index >= 15 is 0 Å². The Morgan fingerprint density at radius 1 is 1.03 bits per heavy atom. The number of carbonyl (C=O) groups excluding carboxylic acids is 2. The summed E-state index contributed by atoms with van der Waals surface area (Å²) in [5.74, 6) is -0.912. The number of amides is 1. The Labute approximate surface area is 190 Å². The Bertz CT molecular complexity index is 968. The molecular weight excluding hydrogens is 426 g/mol. The van der Waals surface area contributed by atoms with Crippen molar-refractivity contribution in [2.24, 2.45) is 0 Å². The number of esters is 1. The van der Waals surface area contributed by atoms with Crippen LogP contribution in [-0.4, -0.2) is 55.4 Å². The highest BCUT2D eigenvalue weighted by molar-refractivity contribution is 7.91. The van der Waals surface area contributed by atoms with Crippen LogP contribution in [0.3, 0.4) is 0 Å². The van der Waals surface area contributed by atoms with Crippen LogP contribution in [0.2, 0.25) is 0 Å². The molecule has 2 unspecified atom stereocenters. The van der Waals surface area contributed by atoms with Crippen LogP contribution in [0.5, 0.6) is 0 Å². The molecule has 1 saturated heterocycles. The lowest BCUT2D eigenvalue weighted by atomic mass is 9.89. The topological polar surface area (TPSA) is 80.8 Å². The highest BCUT2D eigenvalue weighted by Crippen LogP contribution is 2.28. The lowest BCUT2D eigenvalue weighted by Crippen LogP contribution is -2.48. The van der Waals surface area contributed by atoms with Crippen molar-refractivity contribution < 1.29 is 22.7 Å². The van der Waals surface area contributed by atoms with E-state index in [2.05, 4.69) is 0 Å². The predicted molar refractivity (Wildman–Crippen MR) is 124 cm³/mol. The monoisotopic (exact) mass is 457 g/mol. The number of carbonyl (C=O) groups is 2. The van der Waals surface area contributed by atoms with Gasteiger partial charge in [0.05, 0.1) is 17.9 Å². The molecule has 0 aromatic heterocycles. The summed E-state index contributed by atoms with van der Waals surface area (Å²) >= 11 is 0. The molecule has 6 nitrogen and oxygen atoms in total.